The standard InChI is InChI=1S/C17H20N2S/c1-11-5-7-15(13(3)9-11)18-17(20)19-16-8-6-12(2)10-14(16)4/h5-10H,1-4H3,(H2,18,19,20). The van der Waals surface area contributed by atoms with Crippen molar-refractivity contribution in [2.24, 2.45) is 0 Å². The fraction of sp³-hybridized carbons (Fsp3) is 0.235. The van der Waals surface area contributed by atoms with Crippen LogP contribution in [0.4, 0.5) is 11.4 Å². The smallest absolute Gasteiger partial charge is 0.175 e. The van der Waals surface area contributed by atoms with Crippen LogP contribution in [0, 0.1) is 27.7 Å². The van der Waals surface area contributed by atoms with E-state index in [1.807, 2.05) is 0 Å². The average molecular weight is 284 g/mol. The molecule has 20 heavy (non-hydrogen) atoms. The third kappa shape index (κ3) is 3.58. The van der Waals surface area contributed by atoms with Crippen molar-refractivity contribution in [1.82, 2.24) is 0 Å². The lowest BCUT2D eigenvalue weighted by Crippen LogP contribution is -2.20. The van der Waals surface area contributed by atoms with Crippen LogP contribution < -0.4 is 10.6 Å². The Balaban J connectivity index is 2.09. The second-order valence-corrected chi connectivity index (χ2v) is 5.62. The van der Waals surface area contributed by atoms with Gasteiger partial charge in [0.2, 0.25) is 0 Å². The van der Waals surface area contributed by atoms with Gasteiger partial charge in [-0.1, -0.05) is 35.4 Å². The molecule has 104 valence electrons. The van der Waals surface area contributed by atoms with E-state index in [0.29, 0.717) is 5.11 Å². The van der Waals surface area contributed by atoms with Gasteiger partial charge in [-0.15, -0.1) is 0 Å². The highest BCUT2D eigenvalue weighted by Gasteiger charge is 2.04. The predicted molar refractivity (Wildman–Crippen MR) is 91.7 cm³/mol. The minimum atomic E-state index is 0.615. The maximum Gasteiger partial charge on any atom is 0.175 e. The molecule has 0 spiro atoms. The van der Waals surface area contributed by atoms with Gasteiger partial charge in [0.1, 0.15) is 0 Å². The van der Waals surface area contributed by atoms with E-state index in [4.69, 9.17) is 12.2 Å². The van der Waals surface area contributed by atoms with Crippen molar-refractivity contribution in [1.29, 1.82) is 0 Å². The molecule has 0 unspecified atom stereocenters. The van der Waals surface area contributed by atoms with Gasteiger partial charge in [0.25, 0.3) is 0 Å². The summed E-state index contributed by atoms with van der Waals surface area (Å²) in [5.41, 5.74) is 6.96. The number of thiocarbonyl (C=S) groups is 1. The predicted octanol–water partition coefficient (Wildman–Crippen LogP) is 4.73. The molecule has 0 aliphatic heterocycles. The van der Waals surface area contributed by atoms with Crippen LogP contribution in [0.3, 0.4) is 0 Å². The van der Waals surface area contributed by atoms with Gasteiger partial charge in [0, 0.05) is 11.4 Å². The summed E-state index contributed by atoms with van der Waals surface area (Å²) in [6.45, 7) is 8.33. The van der Waals surface area contributed by atoms with Gasteiger partial charge in [0.05, 0.1) is 0 Å². The minimum absolute atomic E-state index is 0.615. The molecule has 0 aromatic heterocycles. The lowest BCUT2D eigenvalue weighted by molar-refractivity contribution is 1.37. The normalized spacial score (nSPS) is 10.2. The minimum Gasteiger partial charge on any atom is -0.332 e. The summed E-state index contributed by atoms with van der Waals surface area (Å²) in [4.78, 5) is 0. The number of hydrogen-bond donors (Lipinski definition) is 2. The Hall–Kier alpha value is -1.87. The van der Waals surface area contributed by atoms with Gasteiger partial charge >= 0.3 is 0 Å². The third-order valence-electron chi connectivity index (χ3n) is 3.26. The number of anilines is 2. The maximum atomic E-state index is 5.38. The first-order valence-electron chi connectivity index (χ1n) is 6.68. The molecule has 2 rings (SSSR count). The van der Waals surface area contributed by atoms with E-state index < -0.39 is 0 Å². The zero-order valence-electron chi connectivity index (χ0n) is 12.4. The van der Waals surface area contributed by atoms with Gasteiger partial charge < -0.3 is 10.6 Å². The van der Waals surface area contributed by atoms with E-state index in [1.165, 1.54) is 22.3 Å². The molecule has 0 heterocycles. The quantitative estimate of drug-likeness (QED) is 0.780. The highest BCUT2D eigenvalue weighted by atomic mass is 32.1. The Bertz CT molecular complexity index is 592. The molecule has 0 aliphatic rings. The summed E-state index contributed by atoms with van der Waals surface area (Å²) in [6, 6.07) is 12.6. The van der Waals surface area contributed by atoms with Gasteiger partial charge in [-0.05, 0) is 63.2 Å². The Morgan fingerprint density at radius 1 is 0.750 bits per heavy atom. The Labute approximate surface area is 126 Å². The second-order valence-electron chi connectivity index (χ2n) is 5.22. The molecule has 0 aliphatic carbocycles. The molecular formula is C17H20N2S. The average Bonchev–Trinajstić information content (AvgIpc) is 2.36. The van der Waals surface area contributed by atoms with E-state index in [-0.39, 0.29) is 0 Å². The van der Waals surface area contributed by atoms with Crippen LogP contribution in [0.1, 0.15) is 22.3 Å². The molecule has 2 nitrogen and oxygen atoms in total. The lowest BCUT2D eigenvalue weighted by atomic mass is 10.1. The molecule has 0 saturated carbocycles. The molecule has 0 saturated heterocycles. The van der Waals surface area contributed by atoms with E-state index in [1.54, 1.807) is 0 Å². The molecule has 0 amide bonds. The van der Waals surface area contributed by atoms with Gasteiger partial charge in [-0.25, -0.2) is 0 Å². The molecule has 2 aromatic rings. The van der Waals surface area contributed by atoms with Crippen LogP contribution in [0.5, 0.6) is 0 Å². The molecule has 0 bridgehead atoms. The van der Waals surface area contributed by atoms with E-state index in [9.17, 15) is 0 Å². The fourth-order valence-electron chi connectivity index (χ4n) is 2.18. The van der Waals surface area contributed by atoms with Crippen molar-refractivity contribution in [3.05, 3.63) is 58.7 Å². The zero-order chi connectivity index (χ0) is 14.7. The molecule has 0 radical (unpaired) electrons. The van der Waals surface area contributed by atoms with Crippen molar-refractivity contribution >= 4 is 28.7 Å². The van der Waals surface area contributed by atoms with Crippen LogP contribution in [0.2, 0.25) is 0 Å². The van der Waals surface area contributed by atoms with Crippen LogP contribution in [-0.4, -0.2) is 5.11 Å². The summed E-state index contributed by atoms with van der Waals surface area (Å²) in [6.07, 6.45) is 0. The first kappa shape index (κ1) is 14.5. The third-order valence-corrected chi connectivity index (χ3v) is 3.46. The van der Waals surface area contributed by atoms with Crippen LogP contribution in [-0.2, 0) is 0 Å². The first-order chi connectivity index (χ1) is 9.45. The second kappa shape index (κ2) is 6.06. The highest BCUT2D eigenvalue weighted by molar-refractivity contribution is 7.80. The Morgan fingerprint density at radius 2 is 1.15 bits per heavy atom. The van der Waals surface area contributed by atoms with Crippen LogP contribution in [0.15, 0.2) is 36.4 Å². The SMILES string of the molecule is Cc1ccc(NC(=S)Nc2ccc(C)cc2C)c(C)c1. The molecular weight excluding hydrogens is 264 g/mol. The summed E-state index contributed by atoms with van der Waals surface area (Å²) in [7, 11) is 0. The van der Waals surface area contributed by atoms with Crippen LogP contribution in [0.25, 0.3) is 0 Å². The fourth-order valence-corrected chi connectivity index (χ4v) is 2.40. The molecule has 2 aromatic carbocycles. The number of rotatable bonds is 2. The highest BCUT2D eigenvalue weighted by Crippen LogP contribution is 2.19. The number of nitrogens with one attached hydrogen (secondary N) is 2. The number of hydrogen-bond acceptors (Lipinski definition) is 1. The molecule has 3 heteroatoms. The number of benzene rings is 2. The van der Waals surface area contributed by atoms with Crippen molar-refractivity contribution < 1.29 is 0 Å². The Morgan fingerprint density at radius 3 is 1.50 bits per heavy atom. The van der Waals surface area contributed by atoms with Crippen LogP contribution >= 0.6 is 12.2 Å². The number of aryl methyl sites for hydroxylation is 4. The van der Waals surface area contributed by atoms with Gasteiger partial charge in [-0.3, -0.25) is 0 Å². The van der Waals surface area contributed by atoms with Crippen molar-refractivity contribution in [3.63, 3.8) is 0 Å². The summed E-state index contributed by atoms with van der Waals surface area (Å²) in [5.74, 6) is 0. The lowest BCUT2D eigenvalue weighted by Gasteiger charge is -2.14. The van der Waals surface area contributed by atoms with Crippen molar-refractivity contribution in [3.8, 4) is 0 Å². The van der Waals surface area contributed by atoms with Crippen molar-refractivity contribution in [2.45, 2.75) is 27.7 Å². The Kier molecular flexibility index (Phi) is 4.40. The molecule has 2 N–H and O–H groups in total. The monoisotopic (exact) mass is 284 g/mol. The topological polar surface area (TPSA) is 24.1 Å². The summed E-state index contributed by atoms with van der Waals surface area (Å²) in [5, 5.41) is 7.11. The zero-order valence-corrected chi connectivity index (χ0v) is 13.2. The van der Waals surface area contributed by atoms with Gasteiger partial charge in [-0.2, -0.15) is 0 Å². The van der Waals surface area contributed by atoms with E-state index in [2.05, 4.69) is 74.7 Å². The molecule has 0 atom stereocenters. The maximum absolute atomic E-state index is 5.38. The van der Waals surface area contributed by atoms with Gasteiger partial charge in [0.15, 0.2) is 5.11 Å². The largest absolute Gasteiger partial charge is 0.332 e. The van der Waals surface area contributed by atoms with E-state index in [0.717, 1.165) is 11.4 Å². The molecule has 0 fully saturated rings. The van der Waals surface area contributed by atoms with Crippen molar-refractivity contribution in [2.75, 3.05) is 10.6 Å². The van der Waals surface area contributed by atoms with E-state index >= 15 is 0 Å². The summed E-state index contributed by atoms with van der Waals surface area (Å²) >= 11 is 5.38. The summed E-state index contributed by atoms with van der Waals surface area (Å²) < 4.78 is 0. The first-order valence-corrected chi connectivity index (χ1v) is 7.09.